The second kappa shape index (κ2) is 5.59. The molecule has 0 radical (unpaired) electrons. The van der Waals surface area contributed by atoms with Crippen molar-refractivity contribution in [3.63, 3.8) is 0 Å². The third-order valence-corrected chi connectivity index (χ3v) is 3.89. The van der Waals surface area contributed by atoms with Crippen molar-refractivity contribution in [1.29, 1.82) is 0 Å². The number of aliphatic carboxylic acids is 1. The summed E-state index contributed by atoms with van der Waals surface area (Å²) < 4.78 is 0. The minimum atomic E-state index is -0.749. The maximum absolute atomic E-state index is 11.0. The quantitative estimate of drug-likeness (QED) is 0.899. The third-order valence-electron chi connectivity index (χ3n) is 3.89. The van der Waals surface area contributed by atoms with Crippen molar-refractivity contribution < 1.29 is 9.90 Å². The number of aromatic nitrogens is 1. The van der Waals surface area contributed by atoms with Crippen LogP contribution in [0.1, 0.15) is 25.0 Å². The Hall–Kier alpha value is -1.94. The molecule has 1 aliphatic heterocycles. The summed E-state index contributed by atoms with van der Waals surface area (Å²) in [4.78, 5) is 15.7. The van der Waals surface area contributed by atoms with Gasteiger partial charge in [0.1, 0.15) is 6.04 Å². The molecule has 0 aliphatic carbocycles. The highest BCUT2D eigenvalue weighted by Gasteiger charge is 2.26. The molecule has 0 amide bonds. The Morgan fingerprint density at radius 1 is 1.25 bits per heavy atom. The number of pyridine rings is 1. The number of hydrogen-bond donors (Lipinski definition) is 2. The van der Waals surface area contributed by atoms with Crippen LogP contribution >= 0.6 is 0 Å². The maximum Gasteiger partial charge on any atom is 0.320 e. The Labute approximate surface area is 117 Å². The second-order valence-corrected chi connectivity index (χ2v) is 5.38. The zero-order valence-corrected chi connectivity index (χ0v) is 11.2. The molecule has 2 aromatic rings. The molecule has 1 saturated heterocycles. The molecule has 20 heavy (non-hydrogen) atoms. The van der Waals surface area contributed by atoms with E-state index in [0.29, 0.717) is 0 Å². The molecule has 4 heteroatoms. The van der Waals surface area contributed by atoms with Crippen molar-refractivity contribution in [1.82, 2.24) is 10.3 Å². The van der Waals surface area contributed by atoms with Crippen LogP contribution < -0.4 is 5.32 Å². The summed E-state index contributed by atoms with van der Waals surface area (Å²) in [6.45, 7) is 0. The Morgan fingerprint density at radius 3 is 2.95 bits per heavy atom. The summed E-state index contributed by atoms with van der Waals surface area (Å²) in [5.41, 5.74) is 2.02. The highest BCUT2D eigenvalue weighted by atomic mass is 16.4. The molecule has 4 nitrogen and oxygen atoms in total. The summed E-state index contributed by atoms with van der Waals surface area (Å²) >= 11 is 0. The lowest BCUT2D eigenvalue weighted by Gasteiger charge is -2.28. The van der Waals surface area contributed by atoms with Gasteiger partial charge in [0.05, 0.1) is 5.52 Å². The number of carboxylic acid groups (broad SMARTS) is 1. The molecule has 1 aromatic heterocycles. The van der Waals surface area contributed by atoms with E-state index in [2.05, 4.69) is 16.4 Å². The van der Waals surface area contributed by atoms with Gasteiger partial charge >= 0.3 is 5.97 Å². The molecule has 2 atom stereocenters. The smallest absolute Gasteiger partial charge is 0.320 e. The summed E-state index contributed by atoms with van der Waals surface area (Å²) in [5, 5.41) is 13.4. The van der Waals surface area contributed by atoms with Crippen molar-refractivity contribution in [3.8, 4) is 0 Å². The predicted molar refractivity (Wildman–Crippen MR) is 77.6 cm³/mol. The van der Waals surface area contributed by atoms with Gasteiger partial charge in [0.25, 0.3) is 0 Å². The number of para-hydroxylation sites is 1. The number of carboxylic acids is 1. The summed E-state index contributed by atoms with van der Waals surface area (Å²) in [6, 6.07) is 12.0. The van der Waals surface area contributed by atoms with E-state index in [1.54, 1.807) is 0 Å². The highest BCUT2D eigenvalue weighted by molar-refractivity contribution is 5.78. The van der Waals surface area contributed by atoms with Crippen LogP contribution in [0.3, 0.4) is 0 Å². The van der Waals surface area contributed by atoms with Crippen molar-refractivity contribution in [2.24, 2.45) is 0 Å². The number of nitrogens with one attached hydrogen (secondary N) is 1. The lowest BCUT2D eigenvalue weighted by molar-refractivity contribution is -0.140. The molecule has 1 aliphatic rings. The van der Waals surface area contributed by atoms with Gasteiger partial charge in [-0.25, -0.2) is 0 Å². The Balaban J connectivity index is 1.74. The topological polar surface area (TPSA) is 62.2 Å². The number of piperidine rings is 1. The predicted octanol–water partition coefficient (Wildman–Crippen LogP) is 2.37. The standard InChI is InChI=1S/C16H18N2O2/c19-16(20)15-7-3-5-12(18-15)10-13-9-8-11-4-1-2-6-14(11)17-13/h1-2,4,6,8-9,12,15,18H,3,5,7,10H2,(H,19,20). The third kappa shape index (κ3) is 2.80. The SMILES string of the molecule is O=C(O)C1CCCC(Cc2ccc3ccccc3n2)N1. The molecule has 2 N–H and O–H groups in total. The van der Waals surface area contributed by atoms with Gasteiger partial charge in [-0.05, 0) is 31.4 Å². The average Bonchev–Trinajstić information content (AvgIpc) is 2.47. The molecule has 2 heterocycles. The fraction of sp³-hybridized carbons (Fsp3) is 0.375. The fourth-order valence-electron chi connectivity index (χ4n) is 2.85. The van der Waals surface area contributed by atoms with E-state index in [9.17, 15) is 4.79 Å². The lowest BCUT2D eigenvalue weighted by atomic mass is 9.95. The molecule has 0 saturated carbocycles. The largest absolute Gasteiger partial charge is 0.480 e. The molecule has 0 spiro atoms. The fourth-order valence-corrected chi connectivity index (χ4v) is 2.85. The monoisotopic (exact) mass is 270 g/mol. The second-order valence-electron chi connectivity index (χ2n) is 5.38. The number of nitrogens with zero attached hydrogens (tertiary/aromatic N) is 1. The average molecular weight is 270 g/mol. The molecule has 2 unspecified atom stereocenters. The maximum atomic E-state index is 11.0. The van der Waals surface area contributed by atoms with E-state index in [-0.39, 0.29) is 6.04 Å². The number of hydrogen-bond acceptors (Lipinski definition) is 3. The van der Waals surface area contributed by atoms with Crippen LogP contribution in [0.15, 0.2) is 36.4 Å². The van der Waals surface area contributed by atoms with Crippen molar-refractivity contribution in [3.05, 3.63) is 42.1 Å². The van der Waals surface area contributed by atoms with E-state index in [1.807, 2.05) is 30.3 Å². The first-order chi connectivity index (χ1) is 9.72. The van der Waals surface area contributed by atoms with Gasteiger partial charge in [-0.3, -0.25) is 9.78 Å². The van der Waals surface area contributed by atoms with Crippen LogP contribution in [0.2, 0.25) is 0 Å². The van der Waals surface area contributed by atoms with Crippen LogP contribution in [-0.2, 0) is 11.2 Å². The number of carbonyl (C=O) groups is 1. The van der Waals surface area contributed by atoms with Gasteiger partial charge < -0.3 is 10.4 Å². The van der Waals surface area contributed by atoms with Gasteiger partial charge in [-0.2, -0.15) is 0 Å². The van der Waals surface area contributed by atoms with E-state index in [0.717, 1.165) is 42.3 Å². The summed E-state index contributed by atoms with van der Waals surface area (Å²) in [6.07, 6.45) is 3.48. The van der Waals surface area contributed by atoms with Crippen LogP contribution in [0.5, 0.6) is 0 Å². The first kappa shape index (κ1) is 13.1. The summed E-state index contributed by atoms with van der Waals surface area (Å²) in [7, 11) is 0. The zero-order valence-electron chi connectivity index (χ0n) is 11.2. The number of rotatable bonds is 3. The van der Waals surface area contributed by atoms with E-state index >= 15 is 0 Å². The number of benzene rings is 1. The highest BCUT2D eigenvalue weighted by Crippen LogP contribution is 2.18. The van der Waals surface area contributed by atoms with Gasteiger partial charge in [0.15, 0.2) is 0 Å². The van der Waals surface area contributed by atoms with Crippen LogP contribution in [0.4, 0.5) is 0 Å². The van der Waals surface area contributed by atoms with E-state index < -0.39 is 12.0 Å². The molecule has 3 rings (SSSR count). The van der Waals surface area contributed by atoms with Crippen molar-refractivity contribution in [2.75, 3.05) is 0 Å². The first-order valence-electron chi connectivity index (χ1n) is 7.06. The van der Waals surface area contributed by atoms with Gasteiger partial charge in [-0.1, -0.05) is 24.3 Å². The van der Waals surface area contributed by atoms with Gasteiger partial charge in [0.2, 0.25) is 0 Å². The van der Waals surface area contributed by atoms with Crippen LogP contribution in [0.25, 0.3) is 10.9 Å². The first-order valence-corrected chi connectivity index (χ1v) is 7.06. The van der Waals surface area contributed by atoms with Gasteiger partial charge in [0, 0.05) is 23.5 Å². The minimum absolute atomic E-state index is 0.207. The molecule has 0 bridgehead atoms. The van der Waals surface area contributed by atoms with Crippen molar-refractivity contribution >= 4 is 16.9 Å². The molecular weight excluding hydrogens is 252 g/mol. The normalized spacial score (nSPS) is 22.8. The molecule has 104 valence electrons. The Morgan fingerprint density at radius 2 is 2.10 bits per heavy atom. The Kier molecular flexibility index (Phi) is 3.65. The minimum Gasteiger partial charge on any atom is -0.480 e. The molecule has 1 aromatic carbocycles. The zero-order chi connectivity index (χ0) is 13.9. The Bertz CT molecular complexity index is 627. The molecule has 1 fully saturated rings. The lowest BCUT2D eigenvalue weighted by Crippen LogP contribution is -2.47. The van der Waals surface area contributed by atoms with E-state index in [4.69, 9.17) is 5.11 Å². The van der Waals surface area contributed by atoms with Crippen molar-refractivity contribution in [2.45, 2.75) is 37.8 Å². The van der Waals surface area contributed by atoms with Gasteiger partial charge in [-0.15, -0.1) is 0 Å². The van der Waals surface area contributed by atoms with Crippen LogP contribution in [-0.4, -0.2) is 28.1 Å². The summed E-state index contributed by atoms with van der Waals surface area (Å²) in [5.74, 6) is -0.749. The van der Waals surface area contributed by atoms with Crippen LogP contribution in [0, 0.1) is 0 Å². The molecular formula is C16H18N2O2. The number of fused-ring (bicyclic) bond motifs is 1. The van der Waals surface area contributed by atoms with E-state index in [1.165, 1.54) is 0 Å².